The van der Waals surface area contributed by atoms with Crippen LogP contribution in [0.1, 0.15) is 56.4 Å². The first-order chi connectivity index (χ1) is 8.31. The predicted molar refractivity (Wildman–Crippen MR) is 79.6 cm³/mol. The van der Waals surface area contributed by atoms with Gasteiger partial charge in [0.2, 0.25) is 0 Å². The predicted octanol–water partition coefficient (Wildman–Crippen LogP) is 5.13. The van der Waals surface area contributed by atoms with Gasteiger partial charge in [-0.05, 0) is 52.7 Å². The molecule has 1 aliphatic carbocycles. The molecule has 96 valence electrons. The molecule has 1 nitrogen and oxygen atoms in total. The summed E-state index contributed by atoms with van der Waals surface area (Å²) < 4.78 is 1.28. The van der Waals surface area contributed by atoms with Gasteiger partial charge in [-0.15, -0.1) is 11.3 Å². The molecule has 17 heavy (non-hydrogen) atoms. The molecule has 0 bridgehead atoms. The van der Waals surface area contributed by atoms with Crippen LogP contribution in [0, 0.1) is 5.92 Å². The second-order valence-corrected chi connectivity index (χ2v) is 6.77. The summed E-state index contributed by atoms with van der Waals surface area (Å²) >= 11 is 5.53. The van der Waals surface area contributed by atoms with Crippen LogP contribution >= 0.6 is 27.3 Å². The lowest BCUT2D eigenvalue weighted by atomic mass is 9.98. The highest BCUT2D eigenvalue weighted by Crippen LogP contribution is 2.35. The van der Waals surface area contributed by atoms with Gasteiger partial charge in [-0.2, -0.15) is 0 Å². The van der Waals surface area contributed by atoms with Crippen molar-refractivity contribution in [1.82, 2.24) is 5.32 Å². The average Bonchev–Trinajstić information content (AvgIpc) is 2.95. The van der Waals surface area contributed by atoms with Crippen molar-refractivity contribution in [2.75, 3.05) is 6.54 Å². The Labute approximate surface area is 117 Å². The van der Waals surface area contributed by atoms with Crippen molar-refractivity contribution < 1.29 is 0 Å². The Bertz CT molecular complexity index is 331. The zero-order chi connectivity index (χ0) is 12.1. The molecule has 1 aromatic heterocycles. The second-order valence-electron chi connectivity index (χ2n) is 4.97. The largest absolute Gasteiger partial charge is 0.309 e. The SMILES string of the molecule is CCNC(CCC1CCCC1)c1sccc1Br. The van der Waals surface area contributed by atoms with Gasteiger partial charge < -0.3 is 5.32 Å². The van der Waals surface area contributed by atoms with Gasteiger partial charge in [0.25, 0.3) is 0 Å². The Morgan fingerprint density at radius 3 is 2.82 bits per heavy atom. The van der Waals surface area contributed by atoms with E-state index in [1.807, 2.05) is 11.3 Å². The Kier molecular flexibility index (Phi) is 5.51. The molecule has 1 aliphatic rings. The van der Waals surface area contributed by atoms with Crippen LogP contribution in [-0.4, -0.2) is 6.54 Å². The van der Waals surface area contributed by atoms with Crippen molar-refractivity contribution >= 4 is 27.3 Å². The summed E-state index contributed by atoms with van der Waals surface area (Å²) in [4.78, 5) is 1.48. The van der Waals surface area contributed by atoms with Gasteiger partial charge in [-0.25, -0.2) is 0 Å². The molecule has 0 aliphatic heterocycles. The summed E-state index contributed by atoms with van der Waals surface area (Å²) in [6.07, 6.45) is 8.52. The summed E-state index contributed by atoms with van der Waals surface area (Å²) in [5.41, 5.74) is 0. The number of halogens is 1. The molecule has 0 radical (unpaired) electrons. The van der Waals surface area contributed by atoms with Crippen molar-refractivity contribution in [2.45, 2.75) is 51.5 Å². The van der Waals surface area contributed by atoms with Gasteiger partial charge in [0.1, 0.15) is 0 Å². The monoisotopic (exact) mass is 315 g/mol. The third-order valence-corrected chi connectivity index (χ3v) is 5.73. The molecule has 1 unspecified atom stereocenters. The first-order valence-corrected chi connectivity index (χ1v) is 8.44. The maximum absolute atomic E-state index is 3.66. The van der Waals surface area contributed by atoms with Crippen LogP contribution < -0.4 is 5.32 Å². The van der Waals surface area contributed by atoms with E-state index in [0.29, 0.717) is 6.04 Å². The smallest absolute Gasteiger partial charge is 0.0426 e. The summed E-state index contributed by atoms with van der Waals surface area (Å²) in [7, 11) is 0. The van der Waals surface area contributed by atoms with Gasteiger partial charge in [0.15, 0.2) is 0 Å². The van der Waals surface area contributed by atoms with Gasteiger partial charge in [-0.3, -0.25) is 0 Å². The van der Waals surface area contributed by atoms with Crippen LogP contribution in [-0.2, 0) is 0 Å². The quantitative estimate of drug-likeness (QED) is 0.767. The zero-order valence-corrected chi connectivity index (χ0v) is 12.9. The molecule has 0 amide bonds. The molecular weight excluding hydrogens is 294 g/mol. The van der Waals surface area contributed by atoms with E-state index in [9.17, 15) is 0 Å². The summed E-state index contributed by atoms with van der Waals surface area (Å²) in [5.74, 6) is 0.995. The Morgan fingerprint density at radius 2 is 2.24 bits per heavy atom. The first kappa shape index (κ1) is 13.6. The average molecular weight is 316 g/mol. The van der Waals surface area contributed by atoms with Gasteiger partial charge >= 0.3 is 0 Å². The maximum atomic E-state index is 3.66. The molecule has 1 N–H and O–H groups in total. The Morgan fingerprint density at radius 1 is 1.47 bits per heavy atom. The fourth-order valence-corrected chi connectivity index (χ4v) is 4.59. The molecule has 1 aromatic rings. The van der Waals surface area contributed by atoms with Crippen LogP contribution in [0.25, 0.3) is 0 Å². The summed E-state index contributed by atoms with van der Waals surface area (Å²) in [5, 5.41) is 5.81. The second kappa shape index (κ2) is 6.91. The lowest BCUT2D eigenvalue weighted by Crippen LogP contribution is -2.21. The minimum atomic E-state index is 0.551. The molecule has 1 heterocycles. The first-order valence-electron chi connectivity index (χ1n) is 6.77. The van der Waals surface area contributed by atoms with E-state index in [-0.39, 0.29) is 0 Å². The molecule has 3 heteroatoms. The topological polar surface area (TPSA) is 12.0 Å². The van der Waals surface area contributed by atoms with Crippen LogP contribution in [0.5, 0.6) is 0 Å². The fraction of sp³-hybridized carbons (Fsp3) is 0.714. The minimum absolute atomic E-state index is 0.551. The number of hydrogen-bond donors (Lipinski definition) is 1. The van der Waals surface area contributed by atoms with Crippen LogP contribution in [0.3, 0.4) is 0 Å². The zero-order valence-electron chi connectivity index (χ0n) is 10.5. The van der Waals surface area contributed by atoms with E-state index in [0.717, 1.165) is 12.5 Å². The highest BCUT2D eigenvalue weighted by atomic mass is 79.9. The van der Waals surface area contributed by atoms with Crippen molar-refractivity contribution in [3.8, 4) is 0 Å². The van der Waals surface area contributed by atoms with Crippen molar-refractivity contribution in [3.63, 3.8) is 0 Å². The third kappa shape index (κ3) is 3.80. The van der Waals surface area contributed by atoms with E-state index in [1.54, 1.807) is 0 Å². The number of hydrogen-bond acceptors (Lipinski definition) is 2. The van der Waals surface area contributed by atoms with Gasteiger partial charge in [-0.1, -0.05) is 32.6 Å². The number of nitrogens with one attached hydrogen (secondary N) is 1. The van der Waals surface area contributed by atoms with Crippen molar-refractivity contribution in [3.05, 3.63) is 20.8 Å². The third-order valence-electron chi connectivity index (χ3n) is 3.75. The highest BCUT2D eigenvalue weighted by Gasteiger charge is 2.19. The standard InChI is InChI=1S/C14H22BrNS/c1-2-16-13(14-12(15)9-10-17-14)8-7-11-5-3-4-6-11/h9-11,13,16H,2-8H2,1H3. The molecule has 0 saturated heterocycles. The molecule has 0 spiro atoms. The van der Waals surface area contributed by atoms with E-state index in [1.165, 1.54) is 47.9 Å². The lowest BCUT2D eigenvalue weighted by Gasteiger charge is -2.19. The molecular formula is C14H22BrNS. The number of rotatable bonds is 6. The lowest BCUT2D eigenvalue weighted by molar-refractivity contribution is 0.419. The van der Waals surface area contributed by atoms with Crippen LogP contribution in [0.4, 0.5) is 0 Å². The number of thiophene rings is 1. The van der Waals surface area contributed by atoms with Gasteiger partial charge in [0, 0.05) is 15.4 Å². The van der Waals surface area contributed by atoms with Crippen LogP contribution in [0.2, 0.25) is 0 Å². The molecule has 1 saturated carbocycles. The minimum Gasteiger partial charge on any atom is -0.309 e. The van der Waals surface area contributed by atoms with Crippen molar-refractivity contribution in [2.24, 2.45) is 5.92 Å². The normalized spacial score (nSPS) is 18.7. The molecule has 2 rings (SSSR count). The highest BCUT2D eigenvalue weighted by molar-refractivity contribution is 9.10. The molecule has 0 aromatic carbocycles. The Balaban J connectivity index is 1.90. The van der Waals surface area contributed by atoms with E-state index >= 15 is 0 Å². The van der Waals surface area contributed by atoms with Crippen molar-refractivity contribution in [1.29, 1.82) is 0 Å². The van der Waals surface area contributed by atoms with E-state index in [2.05, 4.69) is 39.6 Å². The summed E-state index contributed by atoms with van der Waals surface area (Å²) in [6, 6.07) is 2.72. The molecule has 1 atom stereocenters. The molecule has 1 fully saturated rings. The van der Waals surface area contributed by atoms with Crippen LogP contribution in [0.15, 0.2) is 15.9 Å². The van der Waals surface area contributed by atoms with Gasteiger partial charge in [0.05, 0.1) is 0 Å². The Hall–Kier alpha value is 0.140. The van der Waals surface area contributed by atoms with E-state index in [4.69, 9.17) is 0 Å². The summed E-state index contributed by atoms with van der Waals surface area (Å²) in [6.45, 7) is 3.25. The van der Waals surface area contributed by atoms with E-state index < -0.39 is 0 Å². The fourth-order valence-electron chi connectivity index (χ4n) is 2.83. The maximum Gasteiger partial charge on any atom is 0.0426 e.